The summed E-state index contributed by atoms with van der Waals surface area (Å²) in [6.07, 6.45) is 5.87. The van der Waals surface area contributed by atoms with Crippen molar-refractivity contribution in [3.05, 3.63) is 70.9 Å². The summed E-state index contributed by atoms with van der Waals surface area (Å²) in [4.78, 5) is 30.1. The van der Waals surface area contributed by atoms with Crippen LogP contribution in [0.4, 0.5) is 19.0 Å². The van der Waals surface area contributed by atoms with Crippen molar-refractivity contribution >= 4 is 34.4 Å². The van der Waals surface area contributed by atoms with Crippen LogP contribution in [0, 0.1) is 23.4 Å². The Morgan fingerprint density at radius 3 is 2.83 bits per heavy atom. The van der Waals surface area contributed by atoms with Gasteiger partial charge in [-0.3, -0.25) is 4.79 Å². The number of nitrogens with one attached hydrogen (secondary N) is 2. The van der Waals surface area contributed by atoms with Crippen LogP contribution in [0.2, 0.25) is 5.02 Å². The number of aromatic amines is 1. The molecule has 0 aliphatic carbocycles. The Balaban J connectivity index is 1.29. The molecule has 1 fully saturated rings. The van der Waals surface area contributed by atoms with Crippen LogP contribution < -0.4 is 5.32 Å². The van der Waals surface area contributed by atoms with Gasteiger partial charge >= 0.3 is 0 Å². The fraction of sp³-hybridized carbons (Fsp3) is 0.250. The first-order valence-electron chi connectivity index (χ1n) is 11.0. The van der Waals surface area contributed by atoms with E-state index in [1.54, 1.807) is 17.2 Å². The molecule has 180 valence electrons. The van der Waals surface area contributed by atoms with Gasteiger partial charge in [0.1, 0.15) is 5.65 Å². The molecule has 5 rings (SSSR count). The molecule has 0 unspecified atom stereocenters. The van der Waals surface area contributed by atoms with Crippen molar-refractivity contribution in [2.45, 2.75) is 12.8 Å². The van der Waals surface area contributed by atoms with Crippen molar-refractivity contribution in [3.8, 4) is 11.4 Å². The largest absolute Gasteiger partial charge is 0.367 e. The van der Waals surface area contributed by atoms with E-state index in [0.717, 1.165) is 31.2 Å². The molecule has 0 spiro atoms. The fourth-order valence-electron chi connectivity index (χ4n) is 4.25. The van der Waals surface area contributed by atoms with Gasteiger partial charge in [0.15, 0.2) is 29.1 Å². The van der Waals surface area contributed by atoms with Crippen molar-refractivity contribution in [2.24, 2.45) is 5.92 Å². The number of carbonyl (C=O) groups excluding carboxylic acids is 1. The summed E-state index contributed by atoms with van der Waals surface area (Å²) in [5, 5.41) is 4.21. The summed E-state index contributed by atoms with van der Waals surface area (Å²) in [5.41, 5.74) is 1.34. The molecule has 1 aliphatic rings. The number of piperidine rings is 1. The van der Waals surface area contributed by atoms with Gasteiger partial charge in [-0.2, -0.15) is 0 Å². The summed E-state index contributed by atoms with van der Waals surface area (Å²) in [6.45, 7) is 1.28. The van der Waals surface area contributed by atoms with Gasteiger partial charge in [-0.05, 0) is 43.0 Å². The highest BCUT2D eigenvalue weighted by molar-refractivity contribution is 6.31. The van der Waals surface area contributed by atoms with Crippen molar-refractivity contribution in [1.82, 2.24) is 24.8 Å². The number of likely N-dealkylation sites (tertiary alicyclic amines) is 1. The van der Waals surface area contributed by atoms with Crippen molar-refractivity contribution in [3.63, 3.8) is 0 Å². The highest BCUT2D eigenvalue weighted by atomic mass is 35.5. The second-order valence-corrected chi connectivity index (χ2v) is 8.85. The number of amides is 1. The van der Waals surface area contributed by atoms with Crippen LogP contribution in [0.25, 0.3) is 22.4 Å². The third kappa shape index (κ3) is 4.79. The van der Waals surface area contributed by atoms with Crippen molar-refractivity contribution < 1.29 is 18.0 Å². The number of aromatic nitrogens is 4. The average molecular weight is 501 g/mol. The Bertz CT molecular complexity index is 1410. The van der Waals surface area contributed by atoms with E-state index in [-0.39, 0.29) is 23.2 Å². The van der Waals surface area contributed by atoms with E-state index in [2.05, 4.69) is 25.3 Å². The third-order valence-corrected chi connectivity index (χ3v) is 6.22. The highest BCUT2D eigenvalue weighted by Crippen LogP contribution is 2.28. The van der Waals surface area contributed by atoms with Crippen molar-refractivity contribution in [1.29, 1.82) is 0 Å². The maximum absolute atomic E-state index is 14.5. The predicted octanol–water partition coefficient (Wildman–Crippen LogP) is 5.05. The summed E-state index contributed by atoms with van der Waals surface area (Å²) >= 11 is 6.06. The van der Waals surface area contributed by atoms with Crippen LogP contribution in [-0.4, -0.2) is 50.4 Å². The lowest BCUT2D eigenvalue weighted by Crippen LogP contribution is -2.42. The summed E-state index contributed by atoms with van der Waals surface area (Å²) in [7, 11) is 0. The molecule has 1 saturated heterocycles. The zero-order valence-electron chi connectivity index (χ0n) is 18.4. The second kappa shape index (κ2) is 9.53. The maximum Gasteiger partial charge on any atom is 0.253 e. The van der Waals surface area contributed by atoms with Crippen LogP contribution >= 0.6 is 11.6 Å². The van der Waals surface area contributed by atoms with E-state index in [1.807, 2.05) is 0 Å². The van der Waals surface area contributed by atoms with E-state index in [9.17, 15) is 18.0 Å². The third-order valence-electron chi connectivity index (χ3n) is 6.01. The molecule has 4 heterocycles. The molecule has 1 atom stereocenters. The minimum absolute atomic E-state index is 0.0203. The molecule has 0 bridgehead atoms. The number of anilines is 1. The highest BCUT2D eigenvalue weighted by Gasteiger charge is 2.25. The maximum atomic E-state index is 14.5. The monoisotopic (exact) mass is 500 g/mol. The quantitative estimate of drug-likeness (QED) is 0.400. The van der Waals surface area contributed by atoms with Gasteiger partial charge in [0.2, 0.25) is 0 Å². The molecule has 1 aliphatic heterocycles. The SMILES string of the molecule is O=C(c1ccc(F)c(F)c1)N1CCC[C@H](CNc2nc(-c3c[nH]c4ncc(Cl)cc34)ncc2F)C1. The lowest BCUT2D eigenvalue weighted by molar-refractivity contribution is 0.0679. The zero-order valence-corrected chi connectivity index (χ0v) is 19.1. The van der Waals surface area contributed by atoms with Crippen LogP contribution in [0.5, 0.6) is 0 Å². The van der Waals surface area contributed by atoms with Crippen molar-refractivity contribution in [2.75, 3.05) is 25.0 Å². The molecule has 0 radical (unpaired) electrons. The molecular weight excluding hydrogens is 481 g/mol. The van der Waals surface area contributed by atoms with Crippen LogP contribution in [0.15, 0.2) is 42.9 Å². The molecule has 1 amide bonds. The predicted molar refractivity (Wildman–Crippen MR) is 126 cm³/mol. The molecule has 4 aromatic rings. The van der Waals surface area contributed by atoms with Gasteiger partial charge in [0.25, 0.3) is 5.91 Å². The fourth-order valence-corrected chi connectivity index (χ4v) is 4.41. The number of H-pyrrole nitrogens is 1. The topological polar surface area (TPSA) is 86.8 Å². The summed E-state index contributed by atoms with van der Waals surface area (Å²) in [5.74, 6) is -2.65. The molecule has 2 N–H and O–H groups in total. The van der Waals surface area contributed by atoms with Crippen LogP contribution in [0.1, 0.15) is 23.2 Å². The second-order valence-electron chi connectivity index (χ2n) is 8.41. The Morgan fingerprint density at radius 2 is 2.00 bits per heavy atom. The lowest BCUT2D eigenvalue weighted by Gasteiger charge is -2.33. The molecular formula is C24H20ClF3N6O. The molecule has 11 heteroatoms. The van der Waals surface area contributed by atoms with Gasteiger partial charge in [-0.1, -0.05) is 11.6 Å². The van der Waals surface area contributed by atoms with Gasteiger partial charge in [-0.15, -0.1) is 0 Å². The first-order valence-corrected chi connectivity index (χ1v) is 11.4. The zero-order chi connectivity index (χ0) is 24.5. The normalized spacial score (nSPS) is 16.0. The number of hydrogen-bond donors (Lipinski definition) is 2. The number of fused-ring (bicyclic) bond motifs is 1. The number of nitrogens with zero attached hydrogens (tertiary/aromatic N) is 4. The Hall–Kier alpha value is -3.66. The number of halogens is 4. The van der Waals surface area contributed by atoms with E-state index < -0.39 is 17.5 Å². The van der Waals surface area contributed by atoms with E-state index >= 15 is 0 Å². The minimum atomic E-state index is -1.06. The average Bonchev–Trinajstić information content (AvgIpc) is 3.28. The number of pyridine rings is 1. The number of rotatable bonds is 5. The Labute approximate surface area is 203 Å². The van der Waals surface area contributed by atoms with E-state index in [0.29, 0.717) is 47.1 Å². The minimum Gasteiger partial charge on any atom is -0.367 e. The lowest BCUT2D eigenvalue weighted by atomic mass is 9.97. The van der Waals surface area contributed by atoms with Crippen LogP contribution in [-0.2, 0) is 0 Å². The molecule has 0 saturated carbocycles. The first-order chi connectivity index (χ1) is 16.9. The van der Waals surface area contributed by atoms with Gasteiger partial charge in [0.05, 0.1) is 11.2 Å². The Kier molecular flexibility index (Phi) is 6.29. The number of hydrogen-bond acceptors (Lipinski definition) is 5. The summed E-state index contributed by atoms with van der Waals surface area (Å²) < 4.78 is 41.2. The first kappa shape index (κ1) is 23.1. The Morgan fingerprint density at radius 1 is 1.14 bits per heavy atom. The molecule has 35 heavy (non-hydrogen) atoms. The van der Waals surface area contributed by atoms with Gasteiger partial charge < -0.3 is 15.2 Å². The van der Waals surface area contributed by atoms with Crippen LogP contribution in [0.3, 0.4) is 0 Å². The smallest absolute Gasteiger partial charge is 0.253 e. The molecule has 7 nitrogen and oxygen atoms in total. The molecule has 1 aromatic carbocycles. The summed E-state index contributed by atoms with van der Waals surface area (Å²) in [6, 6.07) is 4.85. The standard InChI is InChI=1S/C24H20ClF3N6O/c25-15-7-16-17(10-31-21(16)30-9-15)22-32-11-20(28)23(33-22)29-8-13-2-1-5-34(12-13)24(35)14-3-4-18(26)19(27)6-14/h3-4,6-7,9-11,13H,1-2,5,8,12H2,(H,30,31)(H,29,32,33)/t13-/m1/s1. The number of benzene rings is 1. The van der Waals surface area contributed by atoms with Gasteiger partial charge in [-0.25, -0.2) is 28.1 Å². The number of carbonyl (C=O) groups is 1. The van der Waals surface area contributed by atoms with E-state index in [1.165, 1.54) is 12.3 Å². The van der Waals surface area contributed by atoms with Gasteiger partial charge in [0, 0.05) is 48.5 Å². The molecule has 3 aromatic heterocycles. The van der Waals surface area contributed by atoms with E-state index in [4.69, 9.17) is 11.6 Å².